The molecule has 1 aliphatic rings. The number of ether oxygens (including phenoxy) is 1. The summed E-state index contributed by atoms with van der Waals surface area (Å²) in [6, 6.07) is 5.68. The first-order chi connectivity index (χ1) is 9.54. The number of hydrogen-bond acceptors (Lipinski definition) is 2. The van der Waals surface area contributed by atoms with Crippen LogP contribution < -0.4 is 4.74 Å². The van der Waals surface area contributed by atoms with Gasteiger partial charge in [-0.15, -0.1) is 0 Å². The second kappa shape index (κ2) is 6.75. The molecule has 1 atom stereocenters. The molecule has 2 nitrogen and oxygen atoms in total. The standard InChI is InChI=1S/C17H23BrO2/c1-3-4-5-6-7-10-17(2)12-15(19)14-11-13(18)8-9-16(14)20-17/h8-9,11H,3-7,10,12H2,1-2H3. The van der Waals surface area contributed by atoms with Crippen molar-refractivity contribution in [1.29, 1.82) is 0 Å². The van der Waals surface area contributed by atoms with E-state index in [1.54, 1.807) is 0 Å². The van der Waals surface area contributed by atoms with Gasteiger partial charge in [-0.2, -0.15) is 0 Å². The minimum atomic E-state index is -0.329. The molecule has 0 N–H and O–H groups in total. The Morgan fingerprint density at radius 1 is 1.25 bits per heavy atom. The van der Waals surface area contributed by atoms with Crippen LogP contribution in [0.3, 0.4) is 0 Å². The molecule has 0 spiro atoms. The summed E-state index contributed by atoms with van der Waals surface area (Å²) in [5, 5.41) is 0. The molecule has 0 radical (unpaired) electrons. The third kappa shape index (κ3) is 3.85. The van der Waals surface area contributed by atoms with Crippen LogP contribution in [0.5, 0.6) is 5.75 Å². The van der Waals surface area contributed by atoms with E-state index in [0.717, 1.165) is 23.1 Å². The second-order valence-electron chi connectivity index (χ2n) is 5.96. The van der Waals surface area contributed by atoms with Gasteiger partial charge in [0.1, 0.15) is 11.4 Å². The summed E-state index contributed by atoms with van der Waals surface area (Å²) in [6.07, 6.45) is 7.65. The molecule has 0 saturated heterocycles. The molecule has 0 aromatic heterocycles. The summed E-state index contributed by atoms with van der Waals surface area (Å²) in [6.45, 7) is 4.29. The lowest BCUT2D eigenvalue weighted by Gasteiger charge is -2.35. The number of ketones is 1. The van der Waals surface area contributed by atoms with Crippen molar-refractivity contribution in [2.75, 3.05) is 0 Å². The van der Waals surface area contributed by atoms with Crippen molar-refractivity contribution in [2.45, 2.75) is 64.4 Å². The summed E-state index contributed by atoms with van der Waals surface area (Å²) in [5.41, 5.74) is 0.382. The smallest absolute Gasteiger partial charge is 0.170 e. The fourth-order valence-corrected chi connectivity index (χ4v) is 3.15. The summed E-state index contributed by atoms with van der Waals surface area (Å²) >= 11 is 3.40. The van der Waals surface area contributed by atoms with Gasteiger partial charge in [0.05, 0.1) is 12.0 Å². The zero-order valence-electron chi connectivity index (χ0n) is 12.4. The number of halogens is 1. The van der Waals surface area contributed by atoms with Crippen molar-refractivity contribution in [2.24, 2.45) is 0 Å². The Balaban J connectivity index is 1.98. The highest BCUT2D eigenvalue weighted by Gasteiger charge is 2.35. The zero-order valence-corrected chi connectivity index (χ0v) is 14.0. The molecule has 1 aliphatic heterocycles. The molecule has 2 rings (SSSR count). The highest BCUT2D eigenvalue weighted by Crippen LogP contribution is 2.37. The molecule has 0 saturated carbocycles. The fraction of sp³-hybridized carbons (Fsp3) is 0.588. The average Bonchev–Trinajstić information content (AvgIpc) is 2.39. The second-order valence-corrected chi connectivity index (χ2v) is 6.87. The van der Waals surface area contributed by atoms with Gasteiger partial charge in [-0.3, -0.25) is 4.79 Å². The maximum absolute atomic E-state index is 12.3. The number of fused-ring (bicyclic) bond motifs is 1. The van der Waals surface area contributed by atoms with Crippen molar-refractivity contribution >= 4 is 21.7 Å². The Bertz CT molecular complexity index is 484. The number of carbonyl (C=O) groups excluding carboxylic acids is 1. The van der Waals surface area contributed by atoms with E-state index in [-0.39, 0.29) is 11.4 Å². The molecule has 0 fully saturated rings. The molecular weight excluding hydrogens is 316 g/mol. The summed E-state index contributed by atoms with van der Waals surface area (Å²) in [7, 11) is 0. The van der Waals surface area contributed by atoms with Crippen LogP contribution in [0.2, 0.25) is 0 Å². The van der Waals surface area contributed by atoms with Crippen LogP contribution in [0.15, 0.2) is 22.7 Å². The first-order valence-electron chi connectivity index (χ1n) is 7.56. The normalized spacial score (nSPS) is 21.4. The lowest BCUT2D eigenvalue weighted by atomic mass is 9.87. The topological polar surface area (TPSA) is 26.3 Å². The van der Waals surface area contributed by atoms with Crippen LogP contribution in [-0.4, -0.2) is 11.4 Å². The van der Waals surface area contributed by atoms with Crippen LogP contribution in [0, 0.1) is 0 Å². The lowest BCUT2D eigenvalue weighted by Crippen LogP contribution is -2.39. The lowest BCUT2D eigenvalue weighted by molar-refractivity contribution is 0.0453. The molecule has 0 aliphatic carbocycles. The van der Waals surface area contributed by atoms with Gasteiger partial charge in [0.25, 0.3) is 0 Å². The van der Waals surface area contributed by atoms with Gasteiger partial charge < -0.3 is 4.74 Å². The third-order valence-electron chi connectivity index (χ3n) is 3.94. The van der Waals surface area contributed by atoms with Crippen LogP contribution >= 0.6 is 15.9 Å². The molecule has 1 heterocycles. The minimum absolute atomic E-state index is 0.198. The van der Waals surface area contributed by atoms with Crippen LogP contribution in [0.1, 0.15) is 69.2 Å². The summed E-state index contributed by atoms with van der Waals surface area (Å²) < 4.78 is 7.04. The Morgan fingerprint density at radius 2 is 2.00 bits per heavy atom. The van der Waals surface area contributed by atoms with E-state index in [4.69, 9.17) is 4.74 Å². The van der Waals surface area contributed by atoms with E-state index in [0.29, 0.717) is 12.0 Å². The first-order valence-corrected chi connectivity index (χ1v) is 8.35. The Labute approximate surface area is 130 Å². The molecular formula is C17H23BrO2. The minimum Gasteiger partial charge on any atom is -0.486 e. The van der Waals surface area contributed by atoms with Crippen molar-refractivity contribution < 1.29 is 9.53 Å². The third-order valence-corrected chi connectivity index (χ3v) is 4.44. The number of unbranched alkanes of at least 4 members (excludes halogenated alkanes) is 4. The van der Waals surface area contributed by atoms with Crippen molar-refractivity contribution in [3.8, 4) is 5.75 Å². The maximum Gasteiger partial charge on any atom is 0.170 e. The van der Waals surface area contributed by atoms with Gasteiger partial charge >= 0.3 is 0 Å². The van der Waals surface area contributed by atoms with Gasteiger partial charge in [-0.05, 0) is 38.0 Å². The number of rotatable bonds is 6. The highest BCUT2D eigenvalue weighted by molar-refractivity contribution is 9.10. The Morgan fingerprint density at radius 3 is 2.75 bits per heavy atom. The molecule has 3 heteroatoms. The van der Waals surface area contributed by atoms with E-state index >= 15 is 0 Å². The fourth-order valence-electron chi connectivity index (χ4n) is 2.79. The first kappa shape index (κ1) is 15.6. The molecule has 1 aromatic rings. The van der Waals surface area contributed by atoms with Crippen molar-refractivity contribution in [3.05, 3.63) is 28.2 Å². The van der Waals surface area contributed by atoms with Crippen LogP contribution in [-0.2, 0) is 0 Å². The zero-order chi connectivity index (χ0) is 14.6. The van der Waals surface area contributed by atoms with Gasteiger partial charge in [-0.25, -0.2) is 0 Å². The molecule has 0 amide bonds. The number of carbonyl (C=O) groups is 1. The van der Waals surface area contributed by atoms with E-state index in [2.05, 4.69) is 29.8 Å². The van der Waals surface area contributed by atoms with Crippen molar-refractivity contribution in [1.82, 2.24) is 0 Å². The van der Waals surface area contributed by atoms with E-state index in [1.807, 2.05) is 18.2 Å². The van der Waals surface area contributed by atoms with E-state index in [9.17, 15) is 4.79 Å². The summed E-state index contributed by atoms with van der Waals surface area (Å²) in [4.78, 5) is 12.3. The van der Waals surface area contributed by atoms with Crippen molar-refractivity contribution in [3.63, 3.8) is 0 Å². The monoisotopic (exact) mass is 338 g/mol. The highest BCUT2D eigenvalue weighted by atomic mass is 79.9. The number of hydrogen-bond donors (Lipinski definition) is 0. The van der Waals surface area contributed by atoms with Gasteiger partial charge in [0.2, 0.25) is 0 Å². The van der Waals surface area contributed by atoms with Gasteiger partial charge in [0.15, 0.2) is 5.78 Å². The van der Waals surface area contributed by atoms with Crippen LogP contribution in [0.25, 0.3) is 0 Å². The quantitative estimate of drug-likeness (QED) is 0.637. The predicted molar refractivity (Wildman–Crippen MR) is 85.5 cm³/mol. The summed E-state index contributed by atoms with van der Waals surface area (Å²) in [5.74, 6) is 0.934. The maximum atomic E-state index is 12.3. The molecule has 1 unspecified atom stereocenters. The largest absolute Gasteiger partial charge is 0.486 e. The van der Waals surface area contributed by atoms with E-state index in [1.165, 1.54) is 25.7 Å². The number of benzene rings is 1. The SMILES string of the molecule is CCCCCCCC1(C)CC(=O)c2cc(Br)ccc2O1. The Kier molecular flexibility index (Phi) is 5.25. The number of Topliss-reactive ketones (excluding diaryl/α,β-unsaturated/α-hetero) is 1. The predicted octanol–water partition coefficient (Wildman–Crippen LogP) is 5.53. The molecule has 20 heavy (non-hydrogen) atoms. The van der Waals surface area contributed by atoms with Gasteiger partial charge in [-0.1, -0.05) is 48.5 Å². The van der Waals surface area contributed by atoms with Gasteiger partial charge in [0, 0.05) is 4.47 Å². The Hall–Kier alpha value is -0.830. The molecule has 0 bridgehead atoms. The average molecular weight is 339 g/mol. The molecule has 1 aromatic carbocycles. The van der Waals surface area contributed by atoms with Crippen LogP contribution in [0.4, 0.5) is 0 Å². The molecule has 110 valence electrons. The van der Waals surface area contributed by atoms with E-state index < -0.39 is 0 Å².